The molecule has 1 aromatic carbocycles. The van der Waals surface area contributed by atoms with Crippen LogP contribution in [0, 0.1) is 11.3 Å². The Morgan fingerprint density at radius 2 is 1.58 bits per heavy atom. The molecule has 0 N–H and O–H groups in total. The number of hydrogen-bond donors (Lipinski definition) is 0. The van der Waals surface area contributed by atoms with Gasteiger partial charge in [0.2, 0.25) is 0 Å². The summed E-state index contributed by atoms with van der Waals surface area (Å²) in [7, 11) is -7.02. The maximum Gasteiger partial charge on any atom is 0.179 e. The third kappa shape index (κ3) is 4.04. The first-order valence-corrected chi connectivity index (χ1v) is 9.00. The molecule has 0 aliphatic heterocycles. The van der Waals surface area contributed by atoms with Crippen molar-refractivity contribution in [3.8, 4) is 6.07 Å². The molecule has 104 valence electrons. The van der Waals surface area contributed by atoms with E-state index in [0.29, 0.717) is 5.56 Å². The maximum absolute atomic E-state index is 12.0. The van der Waals surface area contributed by atoms with E-state index in [0.717, 1.165) is 0 Å². The van der Waals surface area contributed by atoms with Gasteiger partial charge < -0.3 is 0 Å². The minimum absolute atomic E-state index is 0.0328. The van der Waals surface area contributed by atoms with E-state index in [1.165, 1.54) is 38.1 Å². The molecule has 0 amide bonds. The molecule has 0 saturated heterocycles. The highest BCUT2D eigenvalue weighted by molar-refractivity contribution is 7.95. The van der Waals surface area contributed by atoms with Gasteiger partial charge in [-0.15, -0.1) is 0 Å². The van der Waals surface area contributed by atoms with Gasteiger partial charge in [0, 0.05) is 0 Å². The summed E-state index contributed by atoms with van der Waals surface area (Å²) in [6, 6.07) is 7.30. The van der Waals surface area contributed by atoms with E-state index >= 15 is 0 Å². The average molecular weight is 301 g/mol. The highest BCUT2D eigenvalue weighted by Gasteiger charge is 2.22. The van der Waals surface area contributed by atoms with Crippen molar-refractivity contribution in [1.82, 2.24) is 0 Å². The van der Waals surface area contributed by atoms with E-state index in [2.05, 4.69) is 0 Å². The number of rotatable bonds is 5. The molecule has 0 aromatic heterocycles. The van der Waals surface area contributed by atoms with Crippen LogP contribution in [0.5, 0.6) is 0 Å². The summed E-state index contributed by atoms with van der Waals surface area (Å²) in [6.07, 6.45) is 0. The summed E-state index contributed by atoms with van der Waals surface area (Å²) in [5.74, 6) is -0.841. The Labute approximate surface area is 113 Å². The predicted octanol–water partition coefficient (Wildman–Crippen LogP) is 1.16. The van der Waals surface area contributed by atoms with Crippen molar-refractivity contribution in [2.75, 3.05) is 11.5 Å². The topological polar surface area (TPSA) is 92.1 Å². The van der Waals surface area contributed by atoms with Crippen molar-refractivity contribution in [1.29, 1.82) is 5.26 Å². The number of hydrogen-bond acceptors (Lipinski definition) is 5. The number of nitriles is 1. The van der Waals surface area contributed by atoms with Gasteiger partial charge in [0.05, 0.1) is 33.3 Å². The molecular formula is C12H15NO4S2. The zero-order valence-electron chi connectivity index (χ0n) is 10.7. The normalized spacial score (nSPS) is 12.3. The Balaban J connectivity index is 2.91. The van der Waals surface area contributed by atoms with Crippen molar-refractivity contribution in [2.24, 2.45) is 0 Å². The molecule has 5 nitrogen and oxygen atoms in total. The van der Waals surface area contributed by atoms with Gasteiger partial charge in [-0.25, -0.2) is 16.8 Å². The van der Waals surface area contributed by atoms with Crippen LogP contribution in [-0.4, -0.2) is 33.6 Å². The van der Waals surface area contributed by atoms with Crippen LogP contribution in [0.25, 0.3) is 0 Å². The lowest BCUT2D eigenvalue weighted by Crippen LogP contribution is -2.23. The molecule has 0 aliphatic carbocycles. The molecule has 0 fully saturated rings. The summed E-state index contributed by atoms with van der Waals surface area (Å²) in [5, 5.41) is 8.03. The van der Waals surface area contributed by atoms with E-state index in [1.54, 1.807) is 0 Å². The lowest BCUT2D eigenvalue weighted by atomic mass is 10.2. The van der Waals surface area contributed by atoms with Gasteiger partial charge in [-0.05, 0) is 38.1 Å². The number of sulfone groups is 2. The highest BCUT2D eigenvalue weighted by Crippen LogP contribution is 2.13. The summed E-state index contributed by atoms with van der Waals surface area (Å²) < 4.78 is 47.1. The van der Waals surface area contributed by atoms with Crippen molar-refractivity contribution in [3.05, 3.63) is 29.8 Å². The quantitative estimate of drug-likeness (QED) is 0.813. The number of nitrogens with zero attached hydrogens (tertiary/aromatic N) is 1. The molecule has 1 rings (SSSR count). The maximum atomic E-state index is 12.0. The lowest BCUT2D eigenvalue weighted by Gasteiger charge is -2.08. The van der Waals surface area contributed by atoms with Crippen LogP contribution in [0.15, 0.2) is 29.2 Å². The first-order chi connectivity index (χ1) is 8.69. The first-order valence-electron chi connectivity index (χ1n) is 5.63. The van der Waals surface area contributed by atoms with E-state index in [1.807, 2.05) is 6.07 Å². The van der Waals surface area contributed by atoms with E-state index < -0.39 is 36.4 Å². The molecule has 0 heterocycles. The van der Waals surface area contributed by atoms with Gasteiger partial charge in [0.15, 0.2) is 19.7 Å². The second-order valence-electron chi connectivity index (χ2n) is 4.37. The second-order valence-corrected chi connectivity index (χ2v) is 9.16. The number of benzene rings is 1. The average Bonchev–Trinajstić information content (AvgIpc) is 2.36. The SMILES string of the molecule is CC(C)S(=O)(=O)CCS(=O)(=O)c1ccc(C#N)cc1. The van der Waals surface area contributed by atoms with Crippen molar-refractivity contribution in [2.45, 2.75) is 24.0 Å². The van der Waals surface area contributed by atoms with E-state index in [4.69, 9.17) is 5.26 Å². The Kier molecular flexibility index (Phi) is 4.71. The third-order valence-electron chi connectivity index (χ3n) is 2.70. The molecule has 1 aromatic rings. The second kappa shape index (κ2) is 5.72. The molecular weight excluding hydrogens is 286 g/mol. The van der Waals surface area contributed by atoms with E-state index in [9.17, 15) is 16.8 Å². The van der Waals surface area contributed by atoms with Gasteiger partial charge in [-0.3, -0.25) is 0 Å². The minimum Gasteiger partial charge on any atom is -0.229 e. The fourth-order valence-electron chi connectivity index (χ4n) is 1.32. The summed E-state index contributed by atoms with van der Waals surface area (Å²) in [4.78, 5) is 0.0328. The molecule has 0 unspecified atom stereocenters. The highest BCUT2D eigenvalue weighted by atomic mass is 32.2. The Morgan fingerprint density at radius 3 is 2.00 bits per heavy atom. The van der Waals surface area contributed by atoms with Crippen LogP contribution in [0.2, 0.25) is 0 Å². The van der Waals surface area contributed by atoms with Crippen molar-refractivity contribution in [3.63, 3.8) is 0 Å². The van der Waals surface area contributed by atoms with Gasteiger partial charge in [-0.1, -0.05) is 0 Å². The van der Waals surface area contributed by atoms with Crippen LogP contribution in [-0.2, 0) is 19.7 Å². The molecule has 0 radical (unpaired) electrons. The van der Waals surface area contributed by atoms with Crippen LogP contribution in [0.4, 0.5) is 0 Å². The molecule has 0 atom stereocenters. The van der Waals surface area contributed by atoms with E-state index in [-0.39, 0.29) is 4.90 Å². The summed E-state index contributed by atoms with van der Waals surface area (Å²) in [6.45, 7) is 3.04. The van der Waals surface area contributed by atoms with Gasteiger partial charge in [0.1, 0.15) is 0 Å². The molecule has 0 spiro atoms. The molecule has 0 aliphatic rings. The van der Waals surface area contributed by atoms with Gasteiger partial charge >= 0.3 is 0 Å². The van der Waals surface area contributed by atoms with Crippen LogP contribution >= 0.6 is 0 Å². The van der Waals surface area contributed by atoms with Crippen molar-refractivity contribution >= 4 is 19.7 Å². The predicted molar refractivity (Wildman–Crippen MR) is 72.1 cm³/mol. The Hall–Kier alpha value is -1.39. The molecule has 19 heavy (non-hydrogen) atoms. The smallest absolute Gasteiger partial charge is 0.179 e. The molecule has 7 heteroatoms. The summed E-state index contributed by atoms with van der Waals surface area (Å²) in [5.41, 5.74) is 0.355. The van der Waals surface area contributed by atoms with Gasteiger partial charge in [0.25, 0.3) is 0 Å². The van der Waals surface area contributed by atoms with Crippen LogP contribution in [0.1, 0.15) is 19.4 Å². The Morgan fingerprint density at radius 1 is 1.05 bits per heavy atom. The molecule has 0 saturated carbocycles. The zero-order valence-corrected chi connectivity index (χ0v) is 12.3. The molecule has 0 bridgehead atoms. The summed E-state index contributed by atoms with van der Waals surface area (Å²) >= 11 is 0. The van der Waals surface area contributed by atoms with Crippen LogP contribution < -0.4 is 0 Å². The first kappa shape index (κ1) is 15.7. The third-order valence-corrected chi connectivity index (χ3v) is 6.90. The fourth-order valence-corrected chi connectivity index (χ4v) is 4.38. The Bertz CT molecular complexity index is 680. The van der Waals surface area contributed by atoms with Crippen LogP contribution in [0.3, 0.4) is 0 Å². The fraction of sp³-hybridized carbons (Fsp3) is 0.417. The monoisotopic (exact) mass is 301 g/mol. The van der Waals surface area contributed by atoms with Gasteiger partial charge in [-0.2, -0.15) is 5.26 Å². The minimum atomic E-state index is -3.64. The largest absolute Gasteiger partial charge is 0.229 e. The van der Waals surface area contributed by atoms with Crippen molar-refractivity contribution < 1.29 is 16.8 Å². The standard InChI is InChI=1S/C12H15NO4S2/c1-10(2)18(14,15)7-8-19(16,17)12-5-3-11(9-13)4-6-12/h3-6,10H,7-8H2,1-2H3. The zero-order chi connectivity index (χ0) is 14.7. The lowest BCUT2D eigenvalue weighted by molar-refractivity contribution is 0.582.